The summed E-state index contributed by atoms with van der Waals surface area (Å²) in [5, 5.41) is 3.40. The maximum Gasteiger partial charge on any atom is 0.246 e. The van der Waals surface area contributed by atoms with Crippen LogP contribution in [0.1, 0.15) is 18.9 Å². The van der Waals surface area contributed by atoms with E-state index in [0.29, 0.717) is 43.3 Å². The highest BCUT2D eigenvalue weighted by molar-refractivity contribution is 6.33. The van der Waals surface area contributed by atoms with Gasteiger partial charge in [-0.25, -0.2) is 0 Å². The first-order valence-electron chi connectivity index (χ1n) is 9.43. The van der Waals surface area contributed by atoms with Gasteiger partial charge >= 0.3 is 0 Å². The summed E-state index contributed by atoms with van der Waals surface area (Å²) < 4.78 is 0. The second kappa shape index (κ2) is 9.42. The van der Waals surface area contributed by atoms with E-state index in [0.717, 1.165) is 11.3 Å². The van der Waals surface area contributed by atoms with Crippen LogP contribution in [0.25, 0.3) is 6.08 Å². The van der Waals surface area contributed by atoms with Crippen LogP contribution in [0.2, 0.25) is 5.02 Å². The predicted octanol–water partition coefficient (Wildman–Crippen LogP) is 4.05. The molecule has 5 nitrogen and oxygen atoms in total. The number of hydrogen-bond donors (Lipinski definition) is 1. The number of benzene rings is 2. The highest BCUT2D eigenvalue weighted by Gasteiger charge is 2.21. The van der Waals surface area contributed by atoms with Crippen molar-refractivity contribution in [1.29, 1.82) is 0 Å². The van der Waals surface area contributed by atoms with Gasteiger partial charge in [-0.2, -0.15) is 0 Å². The Kier molecular flexibility index (Phi) is 6.71. The number of piperazine rings is 1. The molecule has 1 aliphatic rings. The Bertz CT molecular complexity index is 859. The highest BCUT2D eigenvalue weighted by Crippen LogP contribution is 2.29. The quantitative estimate of drug-likeness (QED) is 0.774. The monoisotopic (exact) mass is 397 g/mol. The third-order valence-electron chi connectivity index (χ3n) is 4.70. The molecule has 1 fully saturated rings. The summed E-state index contributed by atoms with van der Waals surface area (Å²) in [4.78, 5) is 27.9. The molecule has 0 radical (unpaired) electrons. The van der Waals surface area contributed by atoms with Gasteiger partial charge in [-0.3, -0.25) is 9.59 Å². The van der Waals surface area contributed by atoms with Crippen LogP contribution in [0.15, 0.2) is 54.6 Å². The second-order valence-corrected chi connectivity index (χ2v) is 7.03. The summed E-state index contributed by atoms with van der Waals surface area (Å²) in [5.41, 5.74) is 2.63. The summed E-state index contributed by atoms with van der Waals surface area (Å²) in [7, 11) is 0. The highest BCUT2D eigenvalue weighted by atomic mass is 35.5. The molecule has 2 aromatic carbocycles. The van der Waals surface area contributed by atoms with Gasteiger partial charge in [-0.15, -0.1) is 0 Å². The van der Waals surface area contributed by atoms with Gasteiger partial charge < -0.3 is 15.1 Å². The molecule has 1 N–H and O–H groups in total. The van der Waals surface area contributed by atoms with Gasteiger partial charge in [0.15, 0.2) is 0 Å². The topological polar surface area (TPSA) is 52.7 Å². The maximum absolute atomic E-state index is 12.4. The van der Waals surface area contributed by atoms with E-state index in [1.807, 2.05) is 53.4 Å². The van der Waals surface area contributed by atoms with Gasteiger partial charge in [-0.1, -0.05) is 48.9 Å². The zero-order valence-corrected chi connectivity index (χ0v) is 16.7. The van der Waals surface area contributed by atoms with Crippen molar-refractivity contribution < 1.29 is 9.59 Å². The summed E-state index contributed by atoms with van der Waals surface area (Å²) in [6.07, 6.45) is 3.89. The van der Waals surface area contributed by atoms with Crippen LogP contribution in [0, 0.1) is 0 Å². The van der Waals surface area contributed by atoms with Crippen molar-refractivity contribution >= 4 is 40.9 Å². The summed E-state index contributed by atoms with van der Waals surface area (Å²) in [6.45, 7) is 4.52. The molecule has 0 spiro atoms. The number of nitrogens with one attached hydrogen (secondary N) is 1. The van der Waals surface area contributed by atoms with Crippen molar-refractivity contribution in [1.82, 2.24) is 4.90 Å². The minimum Gasteiger partial charge on any atom is -0.367 e. The van der Waals surface area contributed by atoms with Gasteiger partial charge in [0.1, 0.15) is 0 Å². The van der Waals surface area contributed by atoms with Crippen LogP contribution >= 0.6 is 11.6 Å². The van der Waals surface area contributed by atoms with Crippen molar-refractivity contribution in [2.75, 3.05) is 36.4 Å². The van der Waals surface area contributed by atoms with E-state index in [4.69, 9.17) is 11.6 Å². The molecule has 0 unspecified atom stereocenters. The van der Waals surface area contributed by atoms with Crippen molar-refractivity contribution in [3.8, 4) is 0 Å². The van der Waals surface area contributed by atoms with Crippen LogP contribution in [0.3, 0.4) is 0 Å². The SMILES string of the molecule is CCC(=O)Nc1ccc(N2CCN(C(=O)/C=C/c3ccccc3)CC2)c(Cl)c1. The summed E-state index contributed by atoms with van der Waals surface area (Å²) >= 11 is 6.42. The largest absolute Gasteiger partial charge is 0.367 e. The minimum absolute atomic E-state index is 0.0206. The van der Waals surface area contributed by atoms with E-state index in [-0.39, 0.29) is 11.8 Å². The molecule has 2 aromatic rings. The van der Waals surface area contributed by atoms with Crippen molar-refractivity contribution in [3.63, 3.8) is 0 Å². The molecule has 0 aromatic heterocycles. The molecule has 28 heavy (non-hydrogen) atoms. The fourth-order valence-corrected chi connectivity index (χ4v) is 3.40. The molecule has 0 saturated carbocycles. The number of amides is 2. The van der Waals surface area contributed by atoms with E-state index in [9.17, 15) is 9.59 Å². The molecule has 2 amide bonds. The molecule has 146 valence electrons. The molecular formula is C22H24ClN3O2. The lowest BCUT2D eigenvalue weighted by atomic mass is 10.2. The van der Waals surface area contributed by atoms with Crippen molar-refractivity contribution in [2.24, 2.45) is 0 Å². The zero-order chi connectivity index (χ0) is 19.9. The lowest BCUT2D eigenvalue weighted by molar-refractivity contribution is -0.126. The minimum atomic E-state index is -0.0421. The predicted molar refractivity (Wildman–Crippen MR) is 115 cm³/mol. The van der Waals surface area contributed by atoms with E-state index in [2.05, 4.69) is 10.2 Å². The average molecular weight is 398 g/mol. The average Bonchev–Trinajstić information content (AvgIpc) is 2.73. The van der Waals surface area contributed by atoms with Crippen LogP contribution in [-0.4, -0.2) is 42.9 Å². The lowest BCUT2D eigenvalue weighted by Crippen LogP contribution is -2.48. The van der Waals surface area contributed by atoms with Gasteiger partial charge in [-0.05, 0) is 29.8 Å². The molecule has 1 heterocycles. The molecule has 6 heteroatoms. The number of hydrogen-bond acceptors (Lipinski definition) is 3. The van der Waals surface area contributed by atoms with Gasteiger partial charge in [0, 0.05) is 44.4 Å². The van der Waals surface area contributed by atoms with E-state index < -0.39 is 0 Å². The first-order valence-corrected chi connectivity index (χ1v) is 9.81. The molecule has 3 rings (SSSR count). The van der Waals surface area contributed by atoms with Crippen molar-refractivity contribution in [3.05, 3.63) is 65.2 Å². The molecular weight excluding hydrogens is 374 g/mol. The van der Waals surface area contributed by atoms with Gasteiger partial charge in [0.25, 0.3) is 0 Å². The van der Waals surface area contributed by atoms with E-state index >= 15 is 0 Å². The Morgan fingerprint density at radius 2 is 1.79 bits per heavy atom. The summed E-state index contributed by atoms with van der Waals surface area (Å²) in [5.74, 6) is -0.0215. The standard InChI is InChI=1S/C22H24ClN3O2/c1-2-21(27)24-18-9-10-20(19(23)16-18)25-12-14-26(15-13-25)22(28)11-8-17-6-4-3-5-7-17/h3-11,16H,2,12-15H2,1H3,(H,24,27)/b11-8+. The lowest BCUT2D eigenvalue weighted by Gasteiger charge is -2.36. The number of anilines is 2. The fraction of sp³-hybridized carbons (Fsp3) is 0.273. The number of halogens is 1. The number of rotatable bonds is 5. The van der Waals surface area contributed by atoms with Gasteiger partial charge in [0.05, 0.1) is 10.7 Å². The molecule has 1 aliphatic heterocycles. The van der Waals surface area contributed by atoms with Crippen LogP contribution in [0.4, 0.5) is 11.4 Å². The number of carbonyl (C=O) groups is 2. The molecule has 0 atom stereocenters. The smallest absolute Gasteiger partial charge is 0.246 e. The Morgan fingerprint density at radius 1 is 1.07 bits per heavy atom. The van der Waals surface area contributed by atoms with Crippen LogP contribution in [-0.2, 0) is 9.59 Å². The Morgan fingerprint density at radius 3 is 2.43 bits per heavy atom. The van der Waals surface area contributed by atoms with Crippen molar-refractivity contribution in [2.45, 2.75) is 13.3 Å². The van der Waals surface area contributed by atoms with Crippen LogP contribution in [0.5, 0.6) is 0 Å². The third-order valence-corrected chi connectivity index (χ3v) is 5.01. The molecule has 1 saturated heterocycles. The second-order valence-electron chi connectivity index (χ2n) is 6.62. The Balaban J connectivity index is 1.57. The van der Waals surface area contributed by atoms with Gasteiger partial charge in [0.2, 0.25) is 11.8 Å². The first-order chi connectivity index (χ1) is 13.6. The number of nitrogens with zero attached hydrogens (tertiary/aromatic N) is 2. The third kappa shape index (κ3) is 5.14. The van der Waals surface area contributed by atoms with E-state index in [1.54, 1.807) is 19.1 Å². The zero-order valence-electron chi connectivity index (χ0n) is 15.9. The summed E-state index contributed by atoms with van der Waals surface area (Å²) in [6, 6.07) is 15.3. The normalized spacial score (nSPS) is 14.4. The molecule has 0 bridgehead atoms. The Hall–Kier alpha value is -2.79. The first kappa shape index (κ1) is 20.0. The maximum atomic E-state index is 12.4. The van der Waals surface area contributed by atoms with E-state index in [1.165, 1.54) is 0 Å². The Labute approximate surface area is 170 Å². The fourth-order valence-electron chi connectivity index (χ4n) is 3.10. The van der Waals surface area contributed by atoms with Crippen LogP contribution < -0.4 is 10.2 Å². The number of carbonyl (C=O) groups excluding carboxylic acids is 2. The molecule has 0 aliphatic carbocycles.